The third-order valence-electron chi connectivity index (χ3n) is 8.52. The second kappa shape index (κ2) is 11.9. The second-order valence-corrected chi connectivity index (χ2v) is 20.6. The molecule has 1 saturated heterocycles. The summed E-state index contributed by atoms with van der Waals surface area (Å²) in [4.78, 5) is 19.0. The molecule has 2 aromatic carbocycles. The molecule has 0 radical (unpaired) electrons. The zero-order valence-corrected chi connectivity index (χ0v) is 28.6. The minimum Gasteiger partial charge on any atom is -0.375 e. The number of carbonyl (C=O) groups excluding carboxylic acids is 1. The Kier molecular flexibility index (Phi) is 8.26. The number of hydrogen-bond acceptors (Lipinski definition) is 7. The van der Waals surface area contributed by atoms with E-state index < -0.39 is 23.7 Å². The summed E-state index contributed by atoms with van der Waals surface area (Å²) in [5.74, 6) is -0.332. The normalized spacial score (nSPS) is 17.3. The molecule has 0 unspecified atom stereocenters. The summed E-state index contributed by atoms with van der Waals surface area (Å²) in [6, 6.07) is 20.5. The van der Waals surface area contributed by atoms with Crippen molar-refractivity contribution in [3.05, 3.63) is 90.3 Å². The van der Waals surface area contributed by atoms with Gasteiger partial charge in [0.05, 0.1) is 16.3 Å². The molecule has 3 aromatic heterocycles. The molecule has 1 N–H and O–H groups in total. The minimum absolute atomic E-state index is 0.157. The predicted molar refractivity (Wildman–Crippen MR) is 180 cm³/mol. The SMILES string of the molecule is Cc1ccc(S(=O)(=O)n2cc(-c3cc(-c4cccc([C@]5(O)CCN(C)C5=O)c4)nn3COCC[Si](C)(C)C)c3cccnc32)cc1. The maximum Gasteiger partial charge on any atom is 0.269 e. The number of aromatic nitrogens is 4. The van der Waals surface area contributed by atoms with Gasteiger partial charge in [0.2, 0.25) is 0 Å². The number of aliphatic hydroxyl groups is 1. The summed E-state index contributed by atoms with van der Waals surface area (Å²) < 4.78 is 36.9. The van der Waals surface area contributed by atoms with Crippen LogP contribution in [0.1, 0.15) is 17.5 Å². The summed E-state index contributed by atoms with van der Waals surface area (Å²) >= 11 is 0. The third-order valence-corrected chi connectivity index (χ3v) is 11.9. The van der Waals surface area contributed by atoms with Gasteiger partial charge in [-0.1, -0.05) is 55.5 Å². The number of likely N-dealkylation sites (tertiary alicyclic amines) is 1. The Hall–Kier alpha value is -4.10. The molecule has 6 rings (SSSR count). The highest BCUT2D eigenvalue weighted by Gasteiger charge is 2.45. The first kappa shape index (κ1) is 31.9. The highest BCUT2D eigenvalue weighted by atomic mass is 32.2. The first-order chi connectivity index (χ1) is 21.8. The molecular weight excluding hydrogens is 619 g/mol. The van der Waals surface area contributed by atoms with Crippen molar-refractivity contribution in [1.29, 1.82) is 0 Å². The van der Waals surface area contributed by atoms with Gasteiger partial charge in [-0.25, -0.2) is 22.1 Å². The Morgan fingerprint density at radius 3 is 2.50 bits per heavy atom. The largest absolute Gasteiger partial charge is 0.375 e. The number of nitrogens with zero attached hydrogens (tertiary/aromatic N) is 5. The summed E-state index contributed by atoms with van der Waals surface area (Å²) in [5.41, 5.74) is 2.77. The number of benzene rings is 2. The average Bonchev–Trinajstić information content (AvgIpc) is 3.70. The van der Waals surface area contributed by atoms with Gasteiger partial charge in [-0.05, 0) is 54.9 Å². The third kappa shape index (κ3) is 5.93. The number of pyridine rings is 1. The van der Waals surface area contributed by atoms with Gasteiger partial charge in [-0.15, -0.1) is 0 Å². The Morgan fingerprint density at radius 1 is 1.04 bits per heavy atom. The van der Waals surface area contributed by atoms with Crippen molar-refractivity contribution in [2.45, 2.75) is 56.3 Å². The number of hydrogen-bond donors (Lipinski definition) is 1. The van der Waals surface area contributed by atoms with Gasteiger partial charge >= 0.3 is 0 Å². The van der Waals surface area contributed by atoms with E-state index in [0.717, 1.165) is 11.6 Å². The second-order valence-electron chi connectivity index (χ2n) is 13.2. The minimum atomic E-state index is -3.96. The molecule has 10 nitrogen and oxygen atoms in total. The van der Waals surface area contributed by atoms with E-state index in [0.29, 0.717) is 58.7 Å². The van der Waals surface area contributed by atoms with E-state index >= 15 is 0 Å². The average molecular weight is 658 g/mol. The molecule has 46 heavy (non-hydrogen) atoms. The van der Waals surface area contributed by atoms with Gasteiger partial charge in [0.15, 0.2) is 11.2 Å². The molecule has 1 fully saturated rings. The number of aryl methyl sites for hydroxylation is 1. The Bertz CT molecular complexity index is 2030. The van der Waals surface area contributed by atoms with E-state index in [2.05, 4.69) is 24.6 Å². The van der Waals surface area contributed by atoms with Crippen LogP contribution in [0.25, 0.3) is 33.5 Å². The van der Waals surface area contributed by atoms with E-state index in [9.17, 15) is 18.3 Å². The lowest BCUT2D eigenvalue weighted by atomic mass is 9.90. The number of amides is 1. The quantitative estimate of drug-likeness (QED) is 0.156. The molecule has 1 aliphatic heterocycles. The van der Waals surface area contributed by atoms with Gasteiger partial charge in [0.1, 0.15) is 6.73 Å². The monoisotopic (exact) mass is 657 g/mol. The summed E-state index contributed by atoms with van der Waals surface area (Å²) in [5, 5.41) is 16.9. The number of carbonyl (C=O) groups is 1. The van der Waals surface area contributed by atoms with E-state index in [1.807, 2.05) is 25.1 Å². The number of ether oxygens (including phenoxy) is 1. The first-order valence-corrected chi connectivity index (χ1v) is 20.5. The molecule has 1 amide bonds. The highest BCUT2D eigenvalue weighted by Crippen LogP contribution is 2.37. The molecule has 12 heteroatoms. The van der Waals surface area contributed by atoms with E-state index in [1.54, 1.807) is 72.7 Å². The molecule has 0 saturated carbocycles. The molecule has 240 valence electrons. The van der Waals surface area contributed by atoms with Gasteiger partial charge < -0.3 is 14.7 Å². The van der Waals surface area contributed by atoms with Crippen LogP contribution in [0.5, 0.6) is 0 Å². The molecule has 0 bridgehead atoms. The number of likely N-dealkylation sites (N-methyl/N-ethyl adjacent to an activating group) is 1. The van der Waals surface area contributed by atoms with Crippen LogP contribution in [0.15, 0.2) is 84.0 Å². The fraction of sp³-hybridized carbons (Fsp3) is 0.324. The maximum atomic E-state index is 13.9. The van der Waals surface area contributed by atoms with Gasteiger partial charge in [-0.3, -0.25) is 4.79 Å². The smallest absolute Gasteiger partial charge is 0.269 e. The van der Waals surface area contributed by atoms with Gasteiger partial charge in [0, 0.05) is 63.6 Å². The van der Waals surface area contributed by atoms with Gasteiger partial charge in [0.25, 0.3) is 15.9 Å². The van der Waals surface area contributed by atoms with Crippen molar-refractivity contribution in [3.63, 3.8) is 0 Å². The van der Waals surface area contributed by atoms with Crippen LogP contribution in [0, 0.1) is 6.92 Å². The Labute approximate surface area is 270 Å². The molecular formula is C34H39N5O5SSi. The predicted octanol–water partition coefficient (Wildman–Crippen LogP) is 5.47. The highest BCUT2D eigenvalue weighted by molar-refractivity contribution is 7.90. The van der Waals surface area contributed by atoms with Crippen LogP contribution in [-0.4, -0.2) is 71.3 Å². The summed E-state index contributed by atoms with van der Waals surface area (Å²) in [6.07, 6.45) is 3.48. The van der Waals surface area contributed by atoms with Crippen molar-refractivity contribution in [2.24, 2.45) is 0 Å². The van der Waals surface area contributed by atoms with Crippen LogP contribution in [0.2, 0.25) is 25.7 Å². The van der Waals surface area contributed by atoms with Crippen molar-refractivity contribution >= 4 is 35.0 Å². The van der Waals surface area contributed by atoms with Crippen molar-refractivity contribution in [1.82, 2.24) is 23.6 Å². The van der Waals surface area contributed by atoms with E-state index in [1.165, 1.54) is 8.87 Å². The fourth-order valence-corrected chi connectivity index (χ4v) is 7.78. The molecule has 1 aliphatic rings. The van der Waals surface area contributed by atoms with Crippen LogP contribution in [-0.2, 0) is 31.9 Å². The van der Waals surface area contributed by atoms with Crippen LogP contribution in [0.3, 0.4) is 0 Å². The van der Waals surface area contributed by atoms with Crippen molar-refractivity contribution < 1.29 is 23.1 Å². The van der Waals surface area contributed by atoms with Crippen LogP contribution >= 0.6 is 0 Å². The zero-order chi connectivity index (χ0) is 32.9. The van der Waals surface area contributed by atoms with Crippen LogP contribution < -0.4 is 0 Å². The molecule has 4 heterocycles. The Morgan fingerprint density at radius 2 is 1.80 bits per heavy atom. The maximum absolute atomic E-state index is 13.9. The van der Waals surface area contributed by atoms with Crippen LogP contribution in [0.4, 0.5) is 0 Å². The lowest BCUT2D eigenvalue weighted by Crippen LogP contribution is -2.36. The summed E-state index contributed by atoms with van der Waals surface area (Å²) in [7, 11) is -3.61. The fourth-order valence-electron chi connectivity index (χ4n) is 5.70. The number of fused-ring (bicyclic) bond motifs is 1. The van der Waals surface area contributed by atoms with Crippen molar-refractivity contribution in [3.8, 4) is 22.5 Å². The van der Waals surface area contributed by atoms with Crippen molar-refractivity contribution in [2.75, 3.05) is 20.2 Å². The summed E-state index contributed by atoms with van der Waals surface area (Å²) in [6.45, 7) is 9.98. The lowest BCUT2D eigenvalue weighted by molar-refractivity contribution is -0.143. The molecule has 0 aliphatic carbocycles. The number of rotatable bonds is 10. The molecule has 1 atom stereocenters. The lowest BCUT2D eigenvalue weighted by Gasteiger charge is -2.21. The van der Waals surface area contributed by atoms with Gasteiger partial charge in [-0.2, -0.15) is 5.10 Å². The standard InChI is InChI=1S/C34H39N5O5SSi/c1-24-11-13-27(14-12-24)45(42,43)39-22-29(28-10-7-16-35-32(28)39)31-21-30(36-38(31)23-44-18-19-46(3,4)5)25-8-6-9-26(20-25)34(41)15-17-37(2)33(34)40/h6-14,16,20-22,41H,15,17-19,23H2,1-5H3/t34-/m1/s1. The van der Waals surface area contributed by atoms with E-state index in [-0.39, 0.29) is 17.5 Å². The molecule has 0 spiro atoms. The zero-order valence-electron chi connectivity index (χ0n) is 26.8. The topological polar surface area (TPSA) is 120 Å². The first-order valence-electron chi connectivity index (χ1n) is 15.3. The van der Waals surface area contributed by atoms with E-state index in [4.69, 9.17) is 9.84 Å². The molecule has 5 aromatic rings. The Balaban J connectivity index is 1.46.